The standard InChI is InChI=1S/C19H31N5O/c1-15-4-3-8-21-18(15)12-22-19(20-2)23-17-5-9-24(10-6-17)13-16-7-11-25-14-16/h3-4,8,16-17H,5-7,9-14H2,1-2H3,(H2,20,22,23). The van der Waals surface area contributed by atoms with E-state index in [4.69, 9.17) is 4.74 Å². The molecule has 0 radical (unpaired) electrons. The SMILES string of the molecule is CN=C(NCc1ncccc1C)NC1CCN(CC2CCOC2)CC1. The van der Waals surface area contributed by atoms with Crippen LogP contribution in [-0.4, -0.2) is 61.8 Å². The molecule has 1 aromatic heterocycles. The quantitative estimate of drug-likeness (QED) is 0.626. The highest BCUT2D eigenvalue weighted by Gasteiger charge is 2.24. The molecule has 0 aromatic carbocycles. The Balaban J connectivity index is 1.40. The number of hydrogen-bond donors (Lipinski definition) is 2. The Bertz CT molecular complexity index is 563. The van der Waals surface area contributed by atoms with Crippen molar-refractivity contribution in [2.45, 2.75) is 38.8 Å². The molecule has 1 unspecified atom stereocenters. The number of nitrogens with zero attached hydrogens (tertiary/aromatic N) is 3. The van der Waals surface area contributed by atoms with Crippen molar-refractivity contribution in [2.24, 2.45) is 10.9 Å². The molecule has 0 aliphatic carbocycles. The molecule has 6 nitrogen and oxygen atoms in total. The van der Waals surface area contributed by atoms with Crippen LogP contribution in [0.5, 0.6) is 0 Å². The van der Waals surface area contributed by atoms with E-state index in [1.165, 1.54) is 18.5 Å². The van der Waals surface area contributed by atoms with Crippen LogP contribution in [0.1, 0.15) is 30.5 Å². The molecule has 0 amide bonds. The first-order valence-electron chi connectivity index (χ1n) is 9.42. The van der Waals surface area contributed by atoms with E-state index in [9.17, 15) is 0 Å². The smallest absolute Gasteiger partial charge is 0.191 e. The normalized spacial score (nSPS) is 23.0. The molecule has 1 atom stereocenters. The number of aromatic nitrogens is 1. The molecule has 0 spiro atoms. The number of pyridine rings is 1. The number of hydrogen-bond acceptors (Lipinski definition) is 4. The summed E-state index contributed by atoms with van der Waals surface area (Å²) in [6, 6.07) is 4.55. The molecule has 2 fully saturated rings. The zero-order valence-electron chi connectivity index (χ0n) is 15.5. The summed E-state index contributed by atoms with van der Waals surface area (Å²) in [5.41, 5.74) is 2.27. The summed E-state index contributed by atoms with van der Waals surface area (Å²) in [7, 11) is 1.83. The zero-order valence-corrected chi connectivity index (χ0v) is 15.5. The van der Waals surface area contributed by atoms with E-state index in [1.54, 1.807) is 0 Å². The van der Waals surface area contributed by atoms with Gasteiger partial charge in [0.05, 0.1) is 18.8 Å². The highest BCUT2D eigenvalue weighted by atomic mass is 16.5. The van der Waals surface area contributed by atoms with Gasteiger partial charge in [0.15, 0.2) is 5.96 Å². The maximum Gasteiger partial charge on any atom is 0.191 e. The van der Waals surface area contributed by atoms with Gasteiger partial charge in [0, 0.05) is 45.5 Å². The molecule has 2 saturated heterocycles. The minimum Gasteiger partial charge on any atom is -0.381 e. The van der Waals surface area contributed by atoms with E-state index >= 15 is 0 Å². The van der Waals surface area contributed by atoms with Gasteiger partial charge in [-0.15, -0.1) is 0 Å². The zero-order chi connectivity index (χ0) is 17.5. The number of aliphatic imine (C=N–C) groups is 1. The molecule has 2 aliphatic rings. The van der Waals surface area contributed by atoms with Crippen molar-refractivity contribution in [1.29, 1.82) is 0 Å². The Morgan fingerprint density at radius 2 is 2.20 bits per heavy atom. The van der Waals surface area contributed by atoms with Gasteiger partial charge < -0.3 is 20.3 Å². The van der Waals surface area contributed by atoms with Gasteiger partial charge in [-0.05, 0) is 43.7 Å². The first kappa shape index (κ1) is 18.1. The first-order valence-corrected chi connectivity index (χ1v) is 9.42. The average molecular weight is 345 g/mol. The van der Waals surface area contributed by atoms with Gasteiger partial charge in [-0.1, -0.05) is 6.07 Å². The van der Waals surface area contributed by atoms with Crippen molar-refractivity contribution in [3.8, 4) is 0 Å². The first-order chi connectivity index (χ1) is 12.2. The van der Waals surface area contributed by atoms with Gasteiger partial charge in [0.25, 0.3) is 0 Å². The number of guanidine groups is 1. The van der Waals surface area contributed by atoms with E-state index < -0.39 is 0 Å². The van der Waals surface area contributed by atoms with Gasteiger partial charge in [0.2, 0.25) is 0 Å². The van der Waals surface area contributed by atoms with Crippen LogP contribution in [0.4, 0.5) is 0 Å². The molecule has 25 heavy (non-hydrogen) atoms. The Morgan fingerprint density at radius 3 is 2.88 bits per heavy atom. The highest BCUT2D eigenvalue weighted by Crippen LogP contribution is 2.17. The molecular formula is C19H31N5O. The van der Waals surface area contributed by atoms with Crippen LogP contribution in [0.25, 0.3) is 0 Å². The summed E-state index contributed by atoms with van der Waals surface area (Å²) in [6.07, 6.45) is 5.39. The lowest BCUT2D eigenvalue weighted by Crippen LogP contribution is -2.49. The molecule has 2 aliphatic heterocycles. The summed E-state index contributed by atoms with van der Waals surface area (Å²) in [6.45, 7) is 8.19. The second-order valence-electron chi connectivity index (χ2n) is 7.14. The molecule has 3 heterocycles. The summed E-state index contributed by atoms with van der Waals surface area (Å²) in [4.78, 5) is 11.4. The van der Waals surface area contributed by atoms with Crippen LogP contribution in [0.2, 0.25) is 0 Å². The minimum absolute atomic E-state index is 0.493. The second kappa shape index (κ2) is 9.15. The number of rotatable bonds is 5. The van der Waals surface area contributed by atoms with Crippen molar-refractivity contribution in [1.82, 2.24) is 20.5 Å². The Kier molecular flexibility index (Phi) is 6.64. The molecule has 3 rings (SSSR count). The summed E-state index contributed by atoms with van der Waals surface area (Å²) in [5.74, 6) is 1.60. The minimum atomic E-state index is 0.493. The maximum absolute atomic E-state index is 5.49. The number of ether oxygens (including phenoxy) is 1. The van der Waals surface area contributed by atoms with E-state index in [0.717, 1.165) is 56.7 Å². The Hall–Kier alpha value is -1.66. The Labute approximate surface area is 151 Å². The van der Waals surface area contributed by atoms with Crippen LogP contribution in [-0.2, 0) is 11.3 Å². The van der Waals surface area contributed by atoms with Gasteiger partial charge in [-0.2, -0.15) is 0 Å². The maximum atomic E-state index is 5.49. The van der Waals surface area contributed by atoms with Crippen LogP contribution < -0.4 is 10.6 Å². The average Bonchev–Trinajstić information content (AvgIpc) is 3.14. The third-order valence-corrected chi connectivity index (χ3v) is 5.23. The van der Waals surface area contributed by atoms with Crippen LogP contribution in [0, 0.1) is 12.8 Å². The molecule has 6 heteroatoms. The van der Waals surface area contributed by atoms with E-state index in [1.807, 2.05) is 19.3 Å². The number of nitrogens with one attached hydrogen (secondary N) is 2. The predicted molar refractivity (Wildman–Crippen MR) is 101 cm³/mol. The molecule has 1 aromatic rings. The van der Waals surface area contributed by atoms with Crippen molar-refractivity contribution in [2.75, 3.05) is 39.9 Å². The molecule has 0 bridgehead atoms. The lowest BCUT2D eigenvalue weighted by Gasteiger charge is -2.34. The summed E-state index contributed by atoms with van der Waals surface area (Å²) < 4.78 is 5.49. The summed E-state index contributed by atoms with van der Waals surface area (Å²) in [5, 5.41) is 6.96. The molecule has 138 valence electrons. The van der Waals surface area contributed by atoms with Crippen LogP contribution >= 0.6 is 0 Å². The number of aryl methyl sites for hydroxylation is 1. The second-order valence-corrected chi connectivity index (χ2v) is 7.14. The molecule has 0 saturated carbocycles. The Morgan fingerprint density at radius 1 is 1.36 bits per heavy atom. The van der Waals surface area contributed by atoms with E-state index in [2.05, 4.69) is 38.5 Å². The molecule has 2 N–H and O–H groups in total. The van der Waals surface area contributed by atoms with Crippen molar-refractivity contribution >= 4 is 5.96 Å². The van der Waals surface area contributed by atoms with E-state index in [-0.39, 0.29) is 0 Å². The third-order valence-electron chi connectivity index (χ3n) is 5.23. The fourth-order valence-corrected chi connectivity index (χ4v) is 3.61. The van der Waals surface area contributed by atoms with Gasteiger partial charge in [0.1, 0.15) is 0 Å². The highest BCUT2D eigenvalue weighted by molar-refractivity contribution is 5.79. The summed E-state index contributed by atoms with van der Waals surface area (Å²) >= 11 is 0. The predicted octanol–water partition coefficient (Wildman–Crippen LogP) is 1.56. The van der Waals surface area contributed by atoms with Crippen molar-refractivity contribution in [3.63, 3.8) is 0 Å². The fraction of sp³-hybridized carbons (Fsp3) is 0.684. The molecular weight excluding hydrogens is 314 g/mol. The monoisotopic (exact) mass is 345 g/mol. The lowest BCUT2D eigenvalue weighted by atomic mass is 10.0. The van der Waals surface area contributed by atoms with Crippen LogP contribution in [0.3, 0.4) is 0 Å². The van der Waals surface area contributed by atoms with Gasteiger partial charge >= 0.3 is 0 Å². The number of piperidine rings is 1. The fourth-order valence-electron chi connectivity index (χ4n) is 3.61. The van der Waals surface area contributed by atoms with Crippen molar-refractivity contribution in [3.05, 3.63) is 29.6 Å². The largest absolute Gasteiger partial charge is 0.381 e. The van der Waals surface area contributed by atoms with E-state index in [0.29, 0.717) is 12.6 Å². The van der Waals surface area contributed by atoms with Crippen LogP contribution in [0.15, 0.2) is 23.3 Å². The number of likely N-dealkylation sites (tertiary alicyclic amines) is 1. The topological polar surface area (TPSA) is 61.8 Å². The van der Waals surface area contributed by atoms with Gasteiger partial charge in [-0.25, -0.2) is 0 Å². The van der Waals surface area contributed by atoms with Crippen molar-refractivity contribution < 1.29 is 4.74 Å². The lowest BCUT2D eigenvalue weighted by molar-refractivity contribution is 0.150. The van der Waals surface area contributed by atoms with Gasteiger partial charge in [-0.3, -0.25) is 9.98 Å². The third kappa shape index (κ3) is 5.41.